The monoisotopic (exact) mass is 235 g/mol. The first-order chi connectivity index (χ1) is 7.72. The molecule has 0 radical (unpaired) electrons. The van der Waals surface area contributed by atoms with E-state index in [1.807, 2.05) is 31.2 Å². The van der Waals surface area contributed by atoms with Crippen LogP contribution in [-0.2, 0) is 0 Å². The maximum absolute atomic E-state index is 11.3. The van der Waals surface area contributed by atoms with Gasteiger partial charge in [0.15, 0.2) is 0 Å². The lowest BCUT2D eigenvalue weighted by molar-refractivity contribution is 0.108. The van der Waals surface area contributed by atoms with Crippen LogP contribution in [-0.4, -0.2) is 16.8 Å². The van der Waals surface area contributed by atoms with Crippen LogP contribution in [0.15, 0.2) is 30.3 Å². The smallest absolute Gasteiger partial charge is 0.253 e. The zero-order valence-electron chi connectivity index (χ0n) is 8.74. The normalized spacial score (nSPS) is 10.4. The molecule has 0 bridgehead atoms. The van der Waals surface area contributed by atoms with Crippen LogP contribution in [0, 0.1) is 0 Å². The van der Waals surface area contributed by atoms with Crippen molar-refractivity contribution in [2.24, 2.45) is 0 Å². The van der Waals surface area contributed by atoms with E-state index in [2.05, 4.69) is 4.98 Å². The van der Waals surface area contributed by atoms with Crippen molar-refractivity contribution in [1.82, 2.24) is 4.98 Å². The number of pyridine rings is 1. The van der Waals surface area contributed by atoms with Crippen molar-refractivity contribution >= 4 is 27.7 Å². The van der Waals surface area contributed by atoms with Crippen LogP contribution < -0.4 is 4.74 Å². The predicted octanol–water partition coefficient (Wildman–Crippen LogP) is 3.01. The van der Waals surface area contributed by atoms with E-state index in [0.29, 0.717) is 23.6 Å². The predicted molar refractivity (Wildman–Crippen MR) is 63.1 cm³/mol. The number of hydrogen-bond donors (Lipinski definition) is 0. The number of rotatable bonds is 3. The van der Waals surface area contributed by atoms with Gasteiger partial charge in [0.05, 0.1) is 12.1 Å². The number of aromatic nitrogens is 1. The molecule has 4 heteroatoms. The fourth-order valence-electron chi connectivity index (χ4n) is 1.54. The summed E-state index contributed by atoms with van der Waals surface area (Å²) >= 11 is 5.53. The molecular weight excluding hydrogens is 226 g/mol. The van der Waals surface area contributed by atoms with Crippen molar-refractivity contribution in [3.63, 3.8) is 0 Å². The van der Waals surface area contributed by atoms with Gasteiger partial charge in [-0.2, -0.15) is 0 Å². The van der Waals surface area contributed by atoms with Crippen molar-refractivity contribution in [2.45, 2.75) is 6.92 Å². The zero-order valence-corrected chi connectivity index (χ0v) is 9.49. The molecule has 1 heterocycles. The number of nitrogens with zero attached hydrogens (tertiary/aromatic N) is 1. The Morgan fingerprint density at radius 3 is 2.88 bits per heavy atom. The number of carbonyl (C=O) groups excluding carboxylic acids is 1. The third-order valence-electron chi connectivity index (χ3n) is 2.20. The molecule has 3 nitrogen and oxygen atoms in total. The quantitative estimate of drug-likeness (QED) is 0.768. The molecule has 82 valence electrons. The number of benzene rings is 1. The SMILES string of the molecule is CCOc1cc(C(=O)Cl)c2ccccc2n1. The summed E-state index contributed by atoms with van der Waals surface area (Å²) < 4.78 is 5.28. The molecule has 0 unspecified atom stereocenters. The van der Waals surface area contributed by atoms with E-state index in [0.717, 1.165) is 5.39 Å². The summed E-state index contributed by atoms with van der Waals surface area (Å²) in [7, 11) is 0. The molecule has 16 heavy (non-hydrogen) atoms. The van der Waals surface area contributed by atoms with E-state index in [-0.39, 0.29) is 0 Å². The van der Waals surface area contributed by atoms with Crippen LogP contribution in [0.5, 0.6) is 5.88 Å². The van der Waals surface area contributed by atoms with Gasteiger partial charge in [0.1, 0.15) is 0 Å². The molecule has 0 N–H and O–H groups in total. The minimum atomic E-state index is -0.500. The summed E-state index contributed by atoms with van der Waals surface area (Å²) in [6.07, 6.45) is 0. The average Bonchev–Trinajstić information content (AvgIpc) is 2.28. The lowest BCUT2D eigenvalue weighted by Crippen LogP contribution is -1.99. The van der Waals surface area contributed by atoms with Gasteiger partial charge in [-0.1, -0.05) is 18.2 Å². The molecule has 2 aromatic rings. The molecule has 0 amide bonds. The Kier molecular flexibility index (Phi) is 3.06. The molecule has 2 rings (SSSR count). The summed E-state index contributed by atoms with van der Waals surface area (Å²) in [6, 6.07) is 8.90. The van der Waals surface area contributed by atoms with E-state index < -0.39 is 5.24 Å². The Morgan fingerprint density at radius 1 is 1.44 bits per heavy atom. The lowest BCUT2D eigenvalue weighted by Gasteiger charge is -2.06. The van der Waals surface area contributed by atoms with Gasteiger partial charge >= 0.3 is 0 Å². The van der Waals surface area contributed by atoms with Gasteiger partial charge in [0, 0.05) is 17.0 Å². The molecule has 0 saturated carbocycles. The van der Waals surface area contributed by atoms with Crippen molar-refractivity contribution in [1.29, 1.82) is 0 Å². The first-order valence-corrected chi connectivity index (χ1v) is 5.32. The Hall–Kier alpha value is -1.61. The third-order valence-corrected chi connectivity index (χ3v) is 2.40. The fraction of sp³-hybridized carbons (Fsp3) is 0.167. The highest BCUT2D eigenvalue weighted by atomic mass is 35.5. The van der Waals surface area contributed by atoms with Gasteiger partial charge in [-0.25, -0.2) is 4.98 Å². The number of hydrogen-bond acceptors (Lipinski definition) is 3. The summed E-state index contributed by atoms with van der Waals surface area (Å²) in [5.74, 6) is 0.421. The Bertz CT molecular complexity index is 540. The van der Waals surface area contributed by atoms with Gasteiger partial charge in [0.2, 0.25) is 5.88 Å². The van der Waals surface area contributed by atoms with Crippen LogP contribution in [0.1, 0.15) is 17.3 Å². The second-order valence-electron chi connectivity index (χ2n) is 3.23. The summed E-state index contributed by atoms with van der Waals surface area (Å²) in [5, 5.41) is 0.241. The molecule has 0 aliphatic carbocycles. The van der Waals surface area contributed by atoms with Crippen LogP contribution >= 0.6 is 11.6 Å². The molecule has 0 fully saturated rings. The van der Waals surface area contributed by atoms with Gasteiger partial charge in [-0.3, -0.25) is 4.79 Å². The minimum Gasteiger partial charge on any atom is -0.478 e. The van der Waals surface area contributed by atoms with Crippen LogP contribution in [0.4, 0.5) is 0 Å². The fourth-order valence-corrected chi connectivity index (χ4v) is 1.69. The summed E-state index contributed by atoms with van der Waals surface area (Å²) in [4.78, 5) is 15.6. The molecule has 1 aromatic carbocycles. The number of carbonyl (C=O) groups is 1. The van der Waals surface area contributed by atoms with Crippen LogP contribution in [0.3, 0.4) is 0 Å². The minimum absolute atomic E-state index is 0.421. The second-order valence-corrected chi connectivity index (χ2v) is 3.58. The Morgan fingerprint density at radius 2 is 2.19 bits per heavy atom. The highest BCUT2D eigenvalue weighted by Gasteiger charge is 2.10. The third kappa shape index (κ3) is 1.99. The number of ether oxygens (including phenoxy) is 1. The van der Waals surface area contributed by atoms with Crippen molar-refractivity contribution in [3.05, 3.63) is 35.9 Å². The van der Waals surface area contributed by atoms with Crippen molar-refractivity contribution < 1.29 is 9.53 Å². The van der Waals surface area contributed by atoms with E-state index >= 15 is 0 Å². The van der Waals surface area contributed by atoms with E-state index in [9.17, 15) is 4.79 Å². The largest absolute Gasteiger partial charge is 0.478 e. The molecule has 0 spiro atoms. The summed E-state index contributed by atoms with van der Waals surface area (Å²) in [6.45, 7) is 2.36. The van der Waals surface area contributed by atoms with E-state index in [4.69, 9.17) is 16.3 Å². The van der Waals surface area contributed by atoms with Crippen LogP contribution in [0.25, 0.3) is 10.9 Å². The first-order valence-electron chi connectivity index (χ1n) is 4.94. The highest BCUT2D eigenvalue weighted by molar-refractivity contribution is 6.68. The molecule has 0 saturated heterocycles. The average molecular weight is 236 g/mol. The van der Waals surface area contributed by atoms with Gasteiger partial charge < -0.3 is 4.74 Å². The van der Waals surface area contributed by atoms with Crippen molar-refractivity contribution in [2.75, 3.05) is 6.61 Å². The van der Waals surface area contributed by atoms with Crippen molar-refractivity contribution in [3.8, 4) is 5.88 Å². The zero-order chi connectivity index (χ0) is 11.5. The molecular formula is C12H10ClNO2. The Balaban J connectivity index is 2.68. The Labute approximate surface area is 98.0 Å². The van der Waals surface area contributed by atoms with Gasteiger partial charge in [-0.05, 0) is 24.6 Å². The maximum atomic E-state index is 11.3. The second kappa shape index (κ2) is 4.49. The van der Waals surface area contributed by atoms with Gasteiger partial charge in [-0.15, -0.1) is 0 Å². The van der Waals surface area contributed by atoms with E-state index in [1.165, 1.54) is 0 Å². The molecule has 0 aliphatic rings. The summed E-state index contributed by atoms with van der Waals surface area (Å²) in [5.41, 5.74) is 1.13. The molecule has 0 aliphatic heterocycles. The highest BCUT2D eigenvalue weighted by Crippen LogP contribution is 2.23. The first kappa shape index (κ1) is 10.9. The number of halogens is 1. The molecule has 1 aromatic heterocycles. The van der Waals surface area contributed by atoms with Gasteiger partial charge in [0.25, 0.3) is 5.24 Å². The lowest BCUT2D eigenvalue weighted by atomic mass is 10.1. The standard InChI is InChI=1S/C12H10ClNO2/c1-2-16-11-7-9(12(13)15)8-5-3-4-6-10(8)14-11/h3-7H,2H2,1H3. The number of fused-ring (bicyclic) bond motifs is 1. The number of para-hydroxylation sites is 1. The van der Waals surface area contributed by atoms with E-state index in [1.54, 1.807) is 6.07 Å². The topological polar surface area (TPSA) is 39.2 Å². The maximum Gasteiger partial charge on any atom is 0.253 e. The van der Waals surface area contributed by atoms with Crippen LogP contribution in [0.2, 0.25) is 0 Å². The molecule has 0 atom stereocenters.